The standard InChI is InChI=1S/C13H21N3/c1-3-16(9-11-4-5-11)13-7-6-12(8-15-13)10(2)14/h6-8,10-11H,3-5,9,14H2,1-2H3/t10-/m0/s1. The molecular formula is C13H21N3. The van der Waals surface area contributed by atoms with Gasteiger partial charge in [-0.25, -0.2) is 4.98 Å². The van der Waals surface area contributed by atoms with Crippen LogP contribution in [0.4, 0.5) is 5.82 Å². The van der Waals surface area contributed by atoms with Crippen molar-refractivity contribution < 1.29 is 0 Å². The van der Waals surface area contributed by atoms with Crippen molar-refractivity contribution in [2.75, 3.05) is 18.0 Å². The first-order valence-corrected chi connectivity index (χ1v) is 6.17. The third-order valence-corrected chi connectivity index (χ3v) is 3.18. The molecule has 1 aromatic heterocycles. The van der Waals surface area contributed by atoms with E-state index >= 15 is 0 Å². The molecule has 1 saturated carbocycles. The molecule has 88 valence electrons. The predicted octanol–water partition coefficient (Wildman–Crippen LogP) is 2.34. The zero-order chi connectivity index (χ0) is 11.5. The molecule has 0 spiro atoms. The van der Waals surface area contributed by atoms with Gasteiger partial charge < -0.3 is 10.6 Å². The van der Waals surface area contributed by atoms with Crippen molar-refractivity contribution in [1.29, 1.82) is 0 Å². The van der Waals surface area contributed by atoms with E-state index in [1.54, 1.807) is 0 Å². The average Bonchev–Trinajstić information content (AvgIpc) is 3.10. The van der Waals surface area contributed by atoms with Gasteiger partial charge in [0.25, 0.3) is 0 Å². The molecule has 1 atom stereocenters. The van der Waals surface area contributed by atoms with E-state index in [2.05, 4.69) is 28.9 Å². The molecule has 1 heterocycles. The number of rotatable bonds is 5. The van der Waals surface area contributed by atoms with Gasteiger partial charge in [0, 0.05) is 25.3 Å². The van der Waals surface area contributed by atoms with Gasteiger partial charge in [-0.3, -0.25) is 0 Å². The minimum absolute atomic E-state index is 0.0695. The van der Waals surface area contributed by atoms with E-state index in [1.165, 1.54) is 12.8 Å². The monoisotopic (exact) mass is 219 g/mol. The Labute approximate surface area is 97.7 Å². The van der Waals surface area contributed by atoms with E-state index in [0.717, 1.165) is 30.4 Å². The van der Waals surface area contributed by atoms with Crippen LogP contribution < -0.4 is 10.6 Å². The van der Waals surface area contributed by atoms with Crippen molar-refractivity contribution in [2.45, 2.75) is 32.7 Å². The number of hydrogen-bond acceptors (Lipinski definition) is 3. The first-order valence-electron chi connectivity index (χ1n) is 6.17. The van der Waals surface area contributed by atoms with Crippen LogP contribution >= 0.6 is 0 Å². The lowest BCUT2D eigenvalue weighted by atomic mass is 10.1. The summed E-state index contributed by atoms with van der Waals surface area (Å²) in [5, 5.41) is 0. The summed E-state index contributed by atoms with van der Waals surface area (Å²) < 4.78 is 0. The third kappa shape index (κ3) is 2.73. The van der Waals surface area contributed by atoms with Gasteiger partial charge in [-0.05, 0) is 44.2 Å². The summed E-state index contributed by atoms with van der Waals surface area (Å²) in [7, 11) is 0. The molecule has 2 rings (SSSR count). The van der Waals surface area contributed by atoms with E-state index in [4.69, 9.17) is 5.73 Å². The first kappa shape index (κ1) is 11.4. The van der Waals surface area contributed by atoms with Gasteiger partial charge in [-0.1, -0.05) is 6.07 Å². The SMILES string of the molecule is CCN(CC1CC1)c1ccc([C@H](C)N)cn1. The number of nitrogens with two attached hydrogens (primary N) is 1. The Morgan fingerprint density at radius 3 is 2.69 bits per heavy atom. The van der Waals surface area contributed by atoms with Gasteiger partial charge in [0.1, 0.15) is 5.82 Å². The third-order valence-electron chi connectivity index (χ3n) is 3.18. The summed E-state index contributed by atoms with van der Waals surface area (Å²) in [6, 6.07) is 4.24. The van der Waals surface area contributed by atoms with Crippen molar-refractivity contribution in [1.82, 2.24) is 4.98 Å². The summed E-state index contributed by atoms with van der Waals surface area (Å²) in [5.74, 6) is 1.98. The predicted molar refractivity (Wildman–Crippen MR) is 67.5 cm³/mol. The van der Waals surface area contributed by atoms with Gasteiger partial charge in [-0.15, -0.1) is 0 Å². The molecule has 0 amide bonds. The molecule has 0 radical (unpaired) electrons. The van der Waals surface area contributed by atoms with Crippen LogP contribution in [0.1, 0.15) is 38.3 Å². The topological polar surface area (TPSA) is 42.1 Å². The molecule has 0 bridgehead atoms. The van der Waals surface area contributed by atoms with Gasteiger partial charge >= 0.3 is 0 Å². The average molecular weight is 219 g/mol. The van der Waals surface area contributed by atoms with E-state index in [9.17, 15) is 0 Å². The lowest BCUT2D eigenvalue weighted by Gasteiger charge is -2.22. The quantitative estimate of drug-likeness (QED) is 0.826. The Morgan fingerprint density at radius 1 is 1.50 bits per heavy atom. The van der Waals surface area contributed by atoms with E-state index in [-0.39, 0.29) is 6.04 Å². The summed E-state index contributed by atoms with van der Waals surface area (Å²) in [6.07, 6.45) is 4.67. The minimum atomic E-state index is 0.0695. The van der Waals surface area contributed by atoms with Crippen molar-refractivity contribution in [3.05, 3.63) is 23.9 Å². The number of hydrogen-bond donors (Lipinski definition) is 1. The van der Waals surface area contributed by atoms with Crippen molar-refractivity contribution in [3.8, 4) is 0 Å². The number of nitrogens with zero attached hydrogens (tertiary/aromatic N) is 2. The van der Waals surface area contributed by atoms with Crippen LogP contribution in [0.3, 0.4) is 0 Å². The molecule has 1 aliphatic carbocycles. The van der Waals surface area contributed by atoms with Gasteiger partial charge in [-0.2, -0.15) is 0 Å². The first-order chi connectivity index (χ1) is 7.70. The maximum absolute atomic E-state index is 5.81. The molecule has 0 aromatic carbocycles. The fourth-order valence-electron chi connectivity index (χ4n) is 1.85. The molecule has 0 saturated heterocycles. The summed E-state index contributed by atoms with van der Waals surface area (Å²) in [5.41, 5.74) is 6.91. The lowest BCUT2D eigenvalue weighted by molar-refractivity contribution is 0.729. The van der Waals surface area contributed by atoms with Gasteiger partial charge in [0.05, 0.1) is 0 Å². The van der Waals surface area contributed by atoms with Crippen LogP contribution in [0.2, 0.25) is 0 Å². The maximum atomic E-state index is 5.81. The van der Waals surface area contributed by atoms with Gasteiger partial charge in [0.15, 0.2) is 0 Å². The Kier molecular flexibility index (Phi) is 3.44. The summed E-state index contributed by atoms with van der Waals surface area (Å²) >= 11 is 0. The molecule has 16 heavy (non-hydrogen) atoms. The second-order valence-electron chi connectivity index (χ2n) is 4.72. The molecule has 1 fully saturated rings. The van der Waals surface area contributed by atoms with Crippen LogP contribution in [0.25, 0.3) is 0 Å². The zero-order valence-electron chi connectivity index (χ0n) is 10.2. The smallest absolute Gasteiger partial charge is 0.128 e. The highest BCUT2D eigenvalue weighted by molar-refractivity contribution is 5.39. The lowest BCUT2D eigenvalue weighted by Crippen LogP contribution is -2.26. The van der Waals surface area contributed by atoms with Crippen LogP contribution in [0.15, 0.2) is 18.3 Å². The second kappa shape index (κ2) is 4.83. The molecule has 3 nitrogen and oxygen atoms in total. The Morgan fingerprint density at radius 2 is 2.25 bits per heavy atom. The van der Waals surface area contributed by atoms with E-state index in [1.807, 2.05) is 13.1 Å². The highest BCUT2D eigenvalue weighted by Crippen LogP contribution is 2.30. The minimum Gasteiger partial charge on any atom is -0.357 e. The summed E-state index contributed by atoms with van der Waals surface area (Å²) in [4.78, 5) is 6.85. The molecule has 0 aliphatic heterocycles. The molecular weight excluding hydrogens is 198 g/mol. The molecule has 3 heteroatoms. The zero-order valence-corrected chi connectivity index (χ0v) is 10.2. The number of aromatic nitrogens is 1. The van der Waals surface area contributed by atoms with Crippen LogP contribution in [-0.4, -0.2) is 18.1 Å². The highest BCUT2D eigenvalue weighted by atomic mass is 15.2. The highest BCUT2D eigenvalue weighted by Gasteiger charge is 2.24. The van der Waals surface area contributed by atoms with Crippen LogP contribution in [0.5, 0.6) is 0 Å². The number of anilines is 1. The fraction of sp³-hybridized carbons (Fsp3) is 0.615. The fourth-order valence-corrected chi connectivity index (χ4v) is 1.85. The number of pyridine rings is 1. The maximum Gasteiger partial charge on any atom is 0.128 e. The molecule has 0 unspecified atom stereocenters. The van der Waals surface area contributed by atoms with Crippen LogP contribution in [0, 0.1) is 5.92 Å². The van der Waals surface area contributed by atoms with Crippen LogP contribution in [-0.2, 0) is 0 Å². The Balaban J connectivity index is 2.05. The Bertz CT molecular complexity index is 328. The molecule has 1 aromatic rings. The second-order valence-corrected chi connectivity index (χ2v) is 4.72. The van der Waals surface area contributed by atoms with Gasteiger partial charge in [0.2, 0.25) is 0 Å². The molecule has 2 N–H and O–H groups in total. The van der Waals surface area contributed by atoms with E-state index < -0.39 is 0 Å². The van der Waals surface area contributed by atoms with E-state index in [0.29, 0.717) is 0 Å². The normalized spacial score (nSPS) is 17.2. The Hall–Kier alpha value is -1.09. The van der Waals surface area contributed by atoms with Crippen molar-refractivity contribution in [2.24, 2.45) is 11.7 Å². The summed E-state index contributed by atoms with van der Waals surface area (Å²) in [6.45, 7) is 6.35. The molecule has 1 aliphatic rings. The van der Waals surface area contributed by atoms with Crippen molar-refractivity contribution >= 4 is 5.82 Å². The van der Waals surface area contributed by atoms with Crippen molar-refractivity contribution in [3.63, 3.8) is 0 Å². The largest absolute Gasteiger partial charge is 0.357 e.